The molecular formula is C16H25NO4. The van der Waals surface area contributed by atoms with E-state index in [1.807, 2.05) is 18.2 Å². The van der Waals surface area contributed by atoms with Gasteiger partial charge in [0.1, 0.15) is 0 Å². The Morgan fingerprint density at radius 2 is 1.90 bits per heavy atom. The largest absolute Gasteiger partial charge is 0.493 e. The second kappa shape index (κ2) is 7.64. The molecule has 0 saturated carbocycles. The van der Waals surface area contributed by atoms with Crippen LogP contribution in [0.5, 0.6) is 11.5 Å². The van der Waals surface area contributed by atoms with Crippen molar-refractivity contribution in [1.29, 1.82) is 0 Å². The van der Waals surface area contributed by atoms with E-state index < -0.39 is 6.10 Å². The Bertz CT molecular complexity index is 446. The van der Waals surface area contributed by atoms with Crippen molar-refractivity contribution in [3.05, 3.63) is 23.8 Å². The van der Waals surface area contributed by atoms with Crippen LogP contribution in [0.1, 0.15) is 24.5 Å². The summed E-state index contributed by atoms with van der Waals surface area (Å²) >= 11 is 0. The van der Waals surface area contributed by atoms with Gasteiger partial charge < -0.3 is 24.2 Å². The van der Waals surface area contributed by atoms with Crippen LogP contribution in [-0.2, 0) is 4.74 Å². The van der Waals surface area contributed by atoms with Gasteiger partial charge in [0.15, 0.2) is 11.5 Å². The SMILES string of the molecule is COc1ccc(C(O)CN(C)C2CCOCC2)cc1OC. The van der Waals surface area contributed by atoms with E-state index in [0.717, 1.165) is 31.6 Å². The molecule has 1 heterocycles. The zero-order valence-electron chi connectivity index (χ0n) is 13.0. The van der Waals surface area contributed by atoms with E-state index in [2.05, 4.69) is 11.9 Å². The summed E-state index contributed by atoms with van der Waals surface area (Å²) in [4.78, 5) is 2.21. The van der Waals surface area contributed by atoms with E-state index in [9.17, 15) is 5.11 Å². The molecule has 1 N–H and O–H groups in total. The average molecular weight is 295 g/mol. The van der Waals surface area contributed by atoms with Crippen molar-refractivity contribution >= 4 is 0 Å². The van der Waals surface area contributed by atoms with Crippen molar-refractivity contribution in [2.45, 2.75) is 25.0 Å². The van der Waals surface area contributed by atoms with Gasteiger partial charge in [0.05, 0.1) is 20.3 Å². The van der Waals surface area contributed by atoms with Gasteiger partial charge in [-0.15, -0.1) is 0 Å². The highest BCUT2D eigenvalue weighted by Crippen LogP contribution is 2.30. The number of hydrogen-bond donors (Lipinski definition) is 1. The number of rotatable bonds is 6. The molecule has 5 heteroatoms. The van der Waals surface area contributed by atoms with Gasteiger partial charge in [0.2, 0.25) is 0 Å². The van der Waals surface area contributed by atoms with Gasteiger partial charge in [-0.2, -0.15) is 0 Å². The topological polar surface area (TPSA) is 51.2 Å². The Morgan fingerprint density at radius 1 is 1.24 bits per heavy atom. The lowest BCUT2D eigenvalue weighted by molar-refractivity contribution is 0.0252. The molecule has 0 aliphatic carbocycles. The van der Waals surface area contributed by atoms with E-state index >= 15 is 0 Å². The Labute approximate surface area is 126 Å². The molecule has 1 aromatic rings. The van der Waals surface area contributed by atoms with Crippen molar-refractivity contribution in [1.82, 2.24) is 4.90 Å². The number of hydrogen-bond acceptors (Lipinski definition) is 5. The third-order valence-electron chi connectivity index (χ3n) is 4.07. The van der Waals surface area contributed by atoms with E-state index in [4.69, 9.17) is 14.2 Å². The van der Waals surface area contributed by atoms with Crippen LogP contribution in [0.15, 0.2) is 18.2 Å². The highest BCUT2D eigenvalue weighted by Gasteiger charge is 2.21. The summed E-state index contributed by atoms with van der Waals surface area (Å²) in [6.07, 6.45) is 1.50. The Balaban J connectivity index is 2.00. The maximum atomic E-state index is 10.4. The third kappa shape index (κ3) is 4.09. The first-order valence-electron chi connectivity index (χ1n) is 7.33. The molecule has 0 bridgehead atoms. The van der Waals surface area contributed by atoms with Crippen molar-refractivity contribution < 1.29 is 19.3 Å². The van der Waals surface area contributed by atoms with Crippen LogP contribution in [0.4, 0.5) is 0 Å². The molecule has 1 aliphatic rings. The molecular weight excluding hydrogens is 270 g/mol. The predicted molar refractivity (Wildman–Crippen MR) is 81.0 cm³/mol. The summed E-state index contributed by atoms with van der Waals surface area (Å²) in [6, 6.07) is 6.02. The minimum absolute atomic E-state index is 0.480. The molecule has 0 spiro atoms. The monoisotopic (exact) mass is 295 g/mol. The highest BCUT2D eigenvalue weighted by molar-refractivity contribution is 5.43. The zero-order valence-corrected chi connectivity index (χ0v) is 13.0. The second-order valence-electron chi connectivity index (χ2n) is 5.41. The Hall–Kier alpha value is -1.30. The fourth-order valence-electron chi connectivity index (χ4n) is 2.71. The number of aliphatic hydroxyl groups is 1. The van der Waals surface area contributed by atoms with Gasteiger partial charge in [-0.1, -0.05) is 6.07 Å². The van der Waals surface area contributed by atoms with Crippen LogP contribution in [0.3, 0.4) is 0 Å². The summed E-state index contributed by atoms with van der Waals surface area (Å²) in [6.45, 7) is 2.21. The maximum Gasteiger partial charge on any atom is 0.161 e. The normalized spacial score (nSPS) is 17.8. The molecule has 21 heavy (non-hydrogen) atoms. The first kappa shape index (κ1) is 16.1. The lowest BCUT2D eigenvalue weighted by Gasteiger charge is -2.32. The molecule has 1 aliphatic heterocycles. The van der Waals surface area contributed by atoms with Crippen LogP contribution < -0.4 is 9.47 Å². The number of methoxy groups -OCH3 is 2. The Kier molecular flexibility index (Phi) is 5.85. The van der Waals surface area contributed by atoms with Crippen LogP contribution in [-0.4, -0.2) is 57.1 Å². The van der Waals surface area contributed by atoms with Crippen LogP contribution >= 0.6 is 0 Å². The minimum atomic E-state index is -0.544. The molecule has 1 unspecified atom stereocenters. The quantitative estimate of drug-likeness (QED) is 0.868. The molecule has 0 radical (unpaired) electrons. The predicted octanol–water partition coefficient (Wildman–Crippen LogP) is 1.85. The van der Waals surface area contributed by atoms with Crippen molar-refractivity contribution in [2.24, 2.45) is 0 Å². The fraction of sp³-hybridized carbons (Fsp3) is 0.625. The average Bonchev–Trinajstić information content (AvgIpc) is 2.54. The molecule has 1 fully saturated rings. The molecule has 1 atom stereocenters. The van der Waals surface area contributed by atoms with Crippen molar-refractivity contribution in [3.8, 4) is 11.5 Å². The van der Waals surface area contributed by atoms with Gasteiger partial charge in [0, 0.05) is 25.8 Å². The smallest absolute Gasteiger partial charge is 0.161 e. The van der Waals surface area contributed by atoms with Crippen molar-refractivity contribution in [2.75, 3.05) is 41.0 Å². The summed E-state index contributed by atoms with van der Waals surface area (Å²) in [5.74, 6) is 1.31. The third-order valence-corrected chi connectivity index (χ3v) is 4.07. The lowest BCUT2D eigenvalue weighted by atomic mass is 10.0. The summed E-state index contributed by atoms with van der Waals surface area (Å²) in [7, 11) is 5.26. The van der Waals surface area contributed by atoms with Crippen LogP contribution in [0.25, 0.3) is 0 Å². The number of likely N-dealkylation sites (N-methyl/N-ethyl adjacent to an activating group) is 1. The van der Waals surface area contributed by atoms with E-state index in [1.165, 1.54) is 0 Å². The summed E-state index contributed by atoms with van der Waals surface area (Å²) in [5, 5.41) is 10.4. The van der Waals surface area contributed by atoms with Crippen LogP contribution in [0.2, 0.25) is 0 Å². The maximum absolute atomic E-state index is 10.4. The van der Waals surface area contributed by atoms with Gasteiger partial charge in [-0.05, 0) is 37.6 Å². The summed E-state index contributed by atoms with van der Waals surface area (Å²) in [5.41, 5.74) is 0.839. The lowest BCUT2D eigenvalue weighted by Crippen LogP contribution is -2.38. The molecule has 118 valence electrons. The van der Waals surface area contributed by atoms with Gasteiger partial charge in [0.25, 0.3) is 0 Å². The van der Waals surface area contributed by atoms with Crippen molar-refractivity contribution in [3.63, 3.8) is 0 Å². The first-order valence-corrected chi connectivity index (χ1v) is 7.33. The van der Waals surface area contributed by atoms with E-state index in [1.54, 1.807) is 14.2 Å². The fourth-order valence-corrected chi connectivity index (χ4v) is 2.71. The van der Waals surface area contributed by atoms with Crippen LogP contribution in [0, 0.1) is 0 Å². The van der Waals surface area contributed by atoms with Gasteiger partial charge in [-0.3, -0.25) is 0 Å². The molecule has 5 nitrogen and oxygen atoms in total. The highest BCUT2D eigenvalue weighted by atomic mass is 16.5. The number of aliphatic hydroxyl groups excluding tert-OH is 1. The molecule has 1 saturated heterocycles. The molecule has 0 amide bonds. The zero-order chi connectivity index (χ0) is 15.2. The Morgan fingerprint density at radius 3 is 2.52 bits per heavy atom. The van der Waals surface area contributed by atoms with Gasteiger partial charge in [-0.25, -0.2) is 0 Å². The standard InChI is InChI=1S/C16H25NO4/c1-17(13-6-8-21-9-7-13)11-14(18)12-4-5-15(19-2)16(10-12)20-3/h4-5,10,13-14,18H,6-9,11H2,1-3H3. The molecule has 1 aromatic carbocycles. The first-order chi connectivity index (χ1) is 10.2. The minimum Gasteiger partial charge on any atom is -0.493 e. The number of nitrogens with zero attached hydrogens (tertiary/aromatic N) is 1. The summed E-state index contributed by atoms with van der Waals surface area (Å²) < 4.78 is 15.9. The van der Waals surface area contributed by atoms with E-state index in [-0.39, 0.29) is 0 Å². The number of ether oxygens (including phenoxy) is 3. The van der Waals surface area contributed by atoms with E-state index in [0.29, 0.717) is 24.1 Å². The molecule has 2 rings (SSSR count). The second-order valence-corrected chi connectivity index (χ2v) is 5.41. The van der Waals surface area contributed by atoms with Gasteiger partial charge >= 0.3 is 0 Å². The molecule has 0 aromatic heterocycles. The number of benzene rings is 1.